The minimum absolute atomic E-state index is 0.0860. The molecule has 1 aliphatic rings. The molecule has 0 radical (unpaired) electrons. The highest BCUT2D eigenvalue weighted by Gasteiger charge is 2.26. The lowest BCUT2D eigenvalue weighted by atomic mass is 9.87. The second-order valence-electron chi connectivity index (χ2n) is 10.7. The molecule has 1 aromatic heterocycles. The molecule has 1 fully saturated rings. The second-order valence-corrected chi connectivity index (χ2v) is 11.8. The van der Waals surface area contributed by atoms with Crippen molar-refractivity contribution in [1.82, 2.24) is 20.4 Å². The highest BCUT2D eigenvalue weighted by atomic mass is 32.2. The summed E-state index contributed by atoms with van der Waals surface area (Å²) in [6, 6.07) is 17.0. The summed E-state index contributed by atoms with van der Waals surface area (Å²) in [5, 5.41) is 7.31. The Balaban J connectivity index is 1.15. The van der Waals surface area contributed by atoms with Crippen LogP contribution in [0.25, 0.3) is 11.4 Å². The first-order chi connectivity index (χ1) is 17.3. The van der Waals surface area contributed by atoms with Crippen LogP contribution in [-0.2, 0) is 22.5 Å². The van der Waals surface area contributed by atoms with Crippen molar-refractivity contribution in [2.24, 2.45) is 5.92 Å². The van der Waals surface area contributed by atoms with E-state index in [-0.39, 0.29) is 17.2 Å². The van der Waals surface area contributed by atoms with Crippen LogP contribution in [0, 0.1) is 12.8 Å². The average Bonchev–Trinajstić information content (AvgIpc) is 3.33. The summed E-state index contributed by atoms with van der Waals surface area (Å²) in [5.74, 6) is 3.43. The Hall–Kier alpha value is -2.64. The lowest BCUT2D eigenvalue weighted by molar-refractivity contribution is -0.126. The molecule has 36 heavy (non-hydrogen) atoms. The number of benzene rings is 2. The zero-order chi connectivity index (χ0) is 25.5. The van der Waals surface area contributed by atoms with Crippen molar-refractivity contribution in [3.63, 3.8) is 0 Å². The molecule has 0 unspecified atom stereocenters. The van der Waals surface area contributed by atoms with Crippen molar-refractivity contribution < 1.29 is 9.32 Å². The SMILES string of the molecule is Cc1ccc(CSCCNC(=O)C2CCN(Cc3nc(-c4ccc(C(C)(C)C)cc4)no3)CC2)cc1. The standard InChI is InChI=1S/C29H38N4O2S/c1-21-5-7-22(8-6-21)20-36-18-15-30-28(34)24-13-16-33(17-14-24)19-26-31-27(32-35-26)23-9-11-25(12-10-23)29(2,3)4/h5-12,24H,13-20H2,1-4H3,(H,30,34). The summed E-state index contributed by atoms with van der Waals surface area (Å²) in [7, 11) is 0. The molecule has 6 nitrogen and oxygen atoms in total. The van der Waals surface area contributed by atoms with Crippen LogP contribution in [-0.4, -0.2) is 46.3 Å². The first-order valence-corrected chi connectivity index (χ1v) is 14.0. The predicted molar refractivity (Wildman–Crippen MR) is 147 cm³/mol. The van der Waals surface area contributed by atoms with E-state index in [4.69, 9.17) is 4.52 Å². The minimum Gasteiger partial charge on any atom is -0.355 e. The number of carbonyl (C=O) groups is 1. The van der Waals surface area contributed by atoms with E-state index in [1.165, 1.54) is 16.7 Å². The van der Waals surface area contributed by atoms with Gasteiger partial charge in [-0.2, -0.15) is 16.7 Å². The third-order valence-corrected chi connectivity index (χ3v) is 7.76. The molecule has 2 aromatic carbocycles. The van der Waals surface area contributed by atoms with E-state index < -0.39 is 0 Å². The molecule has 1 amide bonds. The Bertz CT molecular complexity index is 1110. The molecule has 1 N–H and O–H groups in total. The maximum absolute atomic E-state index is 12.6. The third kappa shape index (κ3) is 7.43. The van der Waals surface area contributed by atoms with Gasteiger partial charge in [0.1, 0.15) is 0 Å². The van der Waals surface area contributed by atoms with Crippen molar-refractivity contribution in [3.05, 3.63) is 71.1 Å². The van der Waals surface area contributed by atoms with Crippen LogP contribution < -0.4 is 5.32 Å². The van der Waals surface area contributed by atoms with Crippen LogP contribution in [0.1, 0.15) is 56.2 Å². The van der Waals surface area contributed by atoms with Gasteiger partial charge >= 0.3 is 0 Å². The van der Waals surface area contributed by atoms with Crippen LogP contribution in [0.15, 0.2) is 53.1 Å². The van der Waals surface area contributed by atoms with E-state index in [2.05, 4.69) is 96.6 Å². The molecule has 0 aliphatic carbocycles. The Morgan fingerprint density at radius 2 is 1.78 bits per heavy atom. The number of carbonyl (C=O) groups excluding carboxylic acids is 1. The molecule has 1 aliphatic heterocycles. The Kier molecular flexibility index (Phi) is 8.86. The Morgan fingerprint density at radius 1 is 1.08 bits per heavy atom. The van der Waals surface area contributed by atoms with Gasteiger partial charge < -0.3 is 9.84 Å². The van der Waals surface area contributed by atoms with Gasteiger partial charge in [-0.15, -0.1) is 0 Å². The van der Waals surface area contributed by atoms with E-state index >= 15 is 0 Å². The third-order valence-electron chi connectivity index (χ3n) is 6.73. The van der Waals surface area contributed by atoms with E-state index in [0.29, 0.717) is 18.3 Å². The van der Waals surface area contributed by atoms with Crippen LogP contribution in [0.4, 0.5) is 0 Å². The van der Waals surface area contributed by atoms with Gasteiger partial charge in [-0.25, -0.2) is 0 Å². The average molecular weight is 507 g/mol. The summed E-state index contributed by atoms with van der Waals surface area (Å²) in [4.78, 5) is 19.5. The number of rotatable bonds is 9. The molecule has 4 rings (SSSR count). The van der Waals surface area contributed by atoms with Gasteiger partial charge in [0.15, 0.2) is 0 Å². The predicted octanol–water partition coefficient (Wildman–Crippen LogP) is 5.60. The molecule has 0 spiro atoms. The molecule has 7 heteroatoms. The van der Waals surface area contributed by atoms with E-state index in [1.807, 2.05) is 11.8 Å². The second kappa shape index (κ2) is 12.1. The topological polar surface area (TPSA) is 71.3 Å². The highest BCUT2D eigenvalue weighted by molar-refractivity contribution is 7.98. The summed E-state index contributed by atoms with van der Waals surface area (Å²) in [6.07, 6.45) is 1.72. The smallest absolute Gasteiger partial charge is 0.241 e. The normalized spacial score (nSPS) is 15.2. The van der Waals surface area contributed by atoms with Gasteiger partial charge in [-0.05, 0) is 49.4 Å². The maximum atomic E-state index is 12.6. The number of piperidine rings is 1. The molecule has 2 heterocycles. The van der Waals surface area contributed by atoms with Gasteiger partial charge in [-0.1, -0.05) is 80.0 Å². The molecular weight excluding hydrogens is 468 g/mol. The number of amides is 1. The number of aryl methyl sites for hydroxylation is 1. The first-order valence-electron chi connectivity index (χ1n) is 12.8. The van der Waals surface area contributed by atoms with Crippen LogP contribution in [0.5, 0.6) is 0 Å². The summed E-state index contributed by atoms with van der Waals surface area (Å²) in [6.45, 7) is 11.8. The summed E-state index contributed by atoms with van der Waals surface area (Å²) >= 11 is 1.86. The zero-order valence-corrected chi connectivity index (χ0v) is 22.7. The van der Waals surface area contributed by atoms with E-state index in [1.54, 1.807) is 0 Å². The monoisotopic (exact) mass is 506 g/mol. The van der Waals surface area contributed by atoms with Crippen LogP contribution in [0.3, 0.4) is 0 Å². The molecule has 0 bridgehead atoms. The fourth-order valence-corrected chi connectivity index (χ4v) is 5.18. The van der Waals surface area contributed by atoms with Crippen molar-refractivity contribution in [3.8, 4) is 11.4 Å². The van der Waals surface area contributed by atoms with Crippen LogP contribution >= 0.6 is 11.8 Å². The first kappa shape index (κ1) is 26.4. The van der Waals surface area contributed by atoms with Gasteiger partial charge in [0.05, 0.1) is 6.54 Å². The number of thioether (sulfide) groups is 1. The Labute approximate surface area is 219 Å². The highest BCUT2D eigenvalue weighted by Crippen LogP contribution is 2.25. The fraction of sp³-hybridized carbons (Fsp3) is 0.483. The maximum Gasteiger partial charge on any atom is 0.241 e. The van der Waals surface area contributed by atoms with Crippen molar-refractivity contribution in [1.29, 1.82) is 0 Å². The molecule has 0 saturated carbocycles. The van der Waals surface area contributed by atoms with Gasteiger partial charge in [0.2, 0.25) is 17.6 Å². The summed E-state index contributed by atoms with van der Waals surface area (Å²) < 4.78 is 5.52. The minimum atomic E-state index is 0.0860. The van der Waals surface area contributed by atoms with E-state index in [9.17, 15) is 4.79 Å². The fourth-order valence-electron chi connectivity index (χ4n) is 4.37. The van der Waals surface area contributed by atoms with Gasteiger partial charge in [0.25, 0.3) is 0 Å². The quantitative estimate of drug-likeness (QED) is 0.381. The molecular formula is C29H38N4O2S. The van der Waals surface area contributed by atoms with Crippen LogP contribution in [0.2, 0.25) is 0 Å². The van der Waals surface area contributed by atoms with Gasteiger partial charge in [0, 0.05) is 29.5 Å². The number of nitrogens with one attached hydrogen (secondary N) is 1. The lowest BCUT2D eigenvalue weighted by Crippen LogP contribution is -2.40. The molecule has 192 valence electrons. The van der Waals surface area contributed by atoms with Crippen molar-refractivity contribution >= 4 is 17.7 Å². The number of hydrogen-bond donors (Lipinski definition) is 1. The van der Waals surface area contributed by atoms with Crippen molar-refractivity contribution in [2.45, 2.75) is 58.2 Å². The largest absolute Gasteiger partial charge is 0.355 e. The lowest BCUT2D eigenvalue weighted by Gasteiger charge is -2.30. The number of hydrogen-bond acceptors (Lipinski definition) is 6. The van der Waals surface area contributed by atoms with Crippen molar-refractivity contribution in [2.75, 3.05) is 25.4 Å². The number of aromatic nitrogens is 2. The Morgan fingerprint density at radius 3 is 2.44 bits per heavy atom. The molecule has 3 aromatic rings. The molecule has 1 saturated heterocycles. The van der Waals surface area contributed by atoms with E-state index in [0.717, 1.165) is 49.5 Å². The number of likely N-dealkylation sites (tertiary alicyclic amines) is 1. The molecule has 0 atom stereocenters. The number of nitrogens with zero attached hydrogens (tertiary/aromatic N) is 3. The summed E-state index contributed by atoms with van der Waals surface area (Å²) in [5.41, 5.74) is 4.97. The van der Waals surface area contributed by atoms with Gasteiger partial charge in [-0.3, -0.25) is 9.69 Å². The zero-order valence-electron chi connectivity index (χ0n) is 21.9.